The maximum Gasteiger partial charge on any atom is 0.0730 e. The van der Waals surface area contributed by atoms with E-state index in [2.05, 4.69) is 4.90 Å². The number of nitrogens with two attached hydrogens (primary N) is 1. The molecule has 3 nitrogen and oxygen atoms in total. The maximum atomic E-state index is 5.99. The molecule has 1 heterocycles. The topological polar surface area (TPSA) is 38.5 Å². The Bertz CT molecular complexity index is 246. The van der Waals surface area contributed by atoms with Crippen LogP contribution in [0.1, 0.15) is 38.5 Å². The molecular formula is C13H24N2O. The minimum Gasteiger partial charge on any atom is -0.375 e. The molecule has 3 aliphatic rings. The second-order valence-corrected chi connectivity index (χ2v) is 5.84. The molecule has 92 valence electrons. The standard InChI is InChI=1S/C13H24N2O/c14-11-5-4-10(8-11)9-15-6-7-16-13-3-1-2-12(13)15/h10-13H,1-9,14H2. The molecule has 4 unspecified atom stereocenters. The summed E-state index contributed by atoms with van der Waals surface area (Å²) in [5.41, 5.74) is 5.99. The van der Waals surface area contributed by atoms with E-state index in [0.29, 0.717) is 12.1 Å². The predicted molar refractivity (Wildman–Crippen MR) is 64.3 cm³/mol. The zero-order valence-corrected chi connectivity index (χ0v) is 10.1. The Morgan fingerprint density at radius 3 is 2.94 bits per heavy atom. The van der Waals surface area contributed by atoms with Crippen LogP contribution in [0.3, 0.4) is 0 Å². The summed E-state index contributed by atoms with van der Waals surface area (Å²) in [5, 5.41) is 0. The number of hydrogen-bond donors (Lipinski definition) is 1. The minimum atomic E-state index is 0.477. The third-order valence-corrected chi connectivity index (χ3v) is 4.67. The highest BCUT2D eigenvalue weighted by atomic mass is 16.5. The maximum absolute atomic E-state index is 5.99. The quantitative estimate of drug-likeness (QED) is 0.770. The van der Waals surface area contributed by atoms with Crippen molar-refractivity contribution in [1.82, 2.24) is 4.90 Å². The summed E-state index contributed by atoms with van der Waals surface area (Å²) in [6.45, 7) is 3.37. The van der Waals surface area contributed by atoms with Crippen molar-refractivity contribution in [2.75, 3.05) is 19.7 Å². The average molecular weight is 224 g/mol. The van der Waals surface area contributed by atoms with E-state index in [-0.39, 0.29) is 0 Å². The molecule has 1 aliphatic heterocycles. The predicted octanol–water partition coefficient (Wildman–Crippen LogP) is 1.37. The summed E-state index contributed by atoms with van der Waals surface area (Å²) in [6, 6.07) is 1.20. The van der Waals surface area contributed by atoms with Crippen molar-refractivity contribution in [3.05, 3.63) is 0 Å². The second kappa shape index (κ2) is 4.63. The van der Waals surface area contributed by atoms with Gasteiger partial charge >= 0.3 is 0 Å². The molecule has 0 spiro atoms. The number of ether oxygens (including phenoxy) is 1. The highest BCUT2D eigenvalue weighted by molar-refractivity contribution is 4.91. The van der Waals surface area contributed by atoms with Crippen LogP contribution < -0.4 is 5.73 Å². The lowest BCUT2D eigenvalue weighted by Crippen LogP contribution is -2.49. The molecule has 16 heavy (non-hydrogen) atoms. The third kappa shape index (κ3) is 2.13. The molecular weight excluding hydrogens is 200 g/mol. The molecule has 3 heteroatoms. The molecule has 1 saturated heterocycles. The normalized spacial score (nSPS) is 44.8. The fourth-order valence-electron chi connectivity index (χ4n) is 3.84. The van der Waals surface area contributed by atoms with Crippen molar-refractivity contribution in [2.45, 2.75) is 56.7 Å². The fraction of sp³-hybridized carbons (Fsp3) is 1.00. The van der Waals surface area contributed by atoms with Gasteiger partial charge in [0.1, 0.15) is 0 Å². The van der Waals surface area contributed by atoms with Crippen LogP contribution in [-0.2, 0) is 4.74 Å². The summed E-state index contributed by atoms with van der Waals surface area (Å²) in [7, 11) is 0. The SMILES string of the molecule is NC1CCC(CN2CCOC3CCCC32)C1. The third-order valence-electron chi connectivity index (χ3n) is 4.67. The van der Waals surface area contributed by atoms with Crippen molar-refractivity contribution >= 4 is 0 Å². The summed E-state index contributed by atoms with van der Waals surface area (Å²) in [4.78, 5) is 2.70. The van der Waals surface area contributed by atoms with Gasteiger partial charge in [-0.2, -0.15) is 0 Å². The monoisotopic (exact) mass is 224 g/mol. The van der Waals surface area contributed by atoms with Gasteiger partial charge in [0, 0.05) is 25.2 Å². The molecule has 2 saturated carbocycles. The Morgan fingerprint density at radius 2 is 2.12 bits per heavy atom. The number of hydrogen-bond acceptors (Lipinski definition) is 3. The lowest BCUT2D eigenvalue weighted by molar-refractivity contribution is -0.0599. The van der Waals surface area contributed by atoms with Crippen LogP contribution >= 0.6 is 0 Å². The van der Waals surface area contributed by atoms with Crippen LogP contribution in [0, 0.1) is 5.92 Å². The van der Waals surface area contributed by atoms with Crippen molar-refractivity contribution in [3.8, 4) is 0 Å². The zero-order valence-electron chi connectivity index (χ0n) is 10.1. The zero-order chi connectivity index (χ0) is 11.0. The minimum absolute atomic E-state index is 0.477. The first-order valence-electron chi connectivity index (χ1n) is 6.94. The van der Waals surface area contributed by atoms with Gasteiger partial charge in [-0.05, 0) is 44.4 Å². The van der Waals surface area contributed by atoms with Gasteiger partial charge in [-0.1, -0.05) is 0 Å². The lowest BCUT2D eigenvalue weighted by Gasteiger charge is -2.39. The van der Waals surface area contributed by atoms with E-state index < -0.39 is 0 Å². The molecule has 3 fully saturated rings. The summed E-state index contributed by atoms with van der Waals surface area (Å²) in [6.07, 6.45) is 8.36. The Hall–Kier alpha value is -0.120. The lowest BCUT2D eigenvalue weighted by atomic mass is 10.0. The van der Waals surface area contributed by atoms with E-state index in [0.717, 1.165) is 25.1 Å². The van der Waals surface area contributed by atoms with Crippen LogP contribution in [-0.4, -0.2) is 42.8 Å². The molecule has 0 bridgehead atoms. The number of fused-ring (bicyclic) bond motifs is 1. The fourth-order valence-corrected chi connectivity index (χ4v) is 3.84. The number of rotatable bonds is 2. The first-order valence-corrected chi connectivity index (χ1v) is 6.94. The molecule has 2 aliphatic carbocycles. The summed E-state index contributed by atoms with van der Waals surface area (Å²) in [5.74, 6) is 0.856. The molecule has 0 aromatic carbocycles. The van der Waals surface area contributed by atoms with Crippen LogP contribution in [0.5, 0.6) is 0 Å². The van der Waals surface area contributed by atoms with E-state index >= 15 is 0 Å². The first kappa shape index (κ1) is 11.0. The Labute approximate surface area is 98.3 Å². The molecule has 0 aromatic heterocycles. The van der Waals surface area contributed by atoms with Gasteiger partial charge in [0.2, 0.25) is 0 Å². The number of morpholine rings is 1. The van der Waals surface area contributed by atoms with Crippen LogP contribution in [0.15, 0.2) is 0 Å². The van der Waals surface area contributed by atoms with Crippen molar-refractivity contribution < 1.29 is 4.74 Å². The van der Waals surface area contributed by atoms with Gasteiger partial charge < -0.3 is 10.5 Å². The summed E-state index contributed by atoms with van der Waals surface area (Å²) < 4.78 is 5.85. The highest BCUT2D eigenvalue weighted by Crippen LogP contribution is 2.32. The van der Waals surface area contributed by atoms with Crippen molar-refractivity contribution in [3.63, 3.8) is 0 Å². The van der Waals surface area contributed by atoms with E-state index in [4.69, 9.17) is 10.5 Å². The van der Waals surface area contributed by atoms with Gasteiger partial charge in [0.05, 0.1) is 12.7 Å². The van der Waals surface area contributed by atoms with E-state index in [1.54, 1.807) is 0 Å². The molecule has 0 aromatic rings. The van der Waals surface area contributed by atoms with Crippen LogP contribution in [0.2, 0.25) is 0 Å². The van der Waals surface area contributed by atoms with Gasteiger partial charge in [-0.3, -0.25) is 4.90 Å². The molecule has 0 amide bonds. The van der Waals surface area contributed by atoms with Crippen molar-refractivity contribution in [2.24, 2.45) is 11.7 Å². The molecule has 3 rings (SSSR count). The van der Waals surface area contributed by atoms with Gasteiger partial charge in [0.25, 0.3) is 0 Å². The molecule has 4 atom stereocenters. The van der Waals surface area contributed by atoms with Gasteiger partial charge in [-0.25, -0.2) is 0 Å². The van der Waals surface area contributed by atoms with Gasteiger partial charge in [-0.15, -0.1) is 0 Å². The van der Waals surface area contributed by atoms with E-state index in [1.165, 1.54) is 45.1 Å². The molecule has 2 N–H and O–H groups in total. The van der Waals surface area contributed by atoms with E-state index in [9.17, 15) is 0 Å². The Balaban J connectivity index is 1.57. The van der Waals surface area contributed by atoms with Crippen LogP contribution in [0.4, 0.5) is 0 Å². The smallest absolute Gasteiger partial charge is 0.0730 e. The van der Waals surface area contributed by atoms with Crippen molar-refractivity contribution in [1.29, 1.82) is 0 Å². The highest BCUT2D eigenvalue weighted by Gasteiger charge is 2.37. The first-order chi connectivity index (χ1) is 7.83. The average Bonchev–Trinajstić information content (AvgIpc) is 2.87. The van der Waals surface area contributed by atoms with Gasteiger partial charge in [0.15, 0.2) is 0 Å². The Kier molecular flexibility index (Phi) is 3.18. The second-order valence-electron chi connectivity index (χ2n) is 5.84. The molecule has 0 radical (unpaired) electrons. The largest absolute Gasteiger partial charge is 0.375 e. The number of nitrogens with zero attached hydrogens (tertiary/aromatic N) is 1. The van der Waals surface area contributed by atoms with E-state index in [1.807, 2.05) is 0 Å². The summed E-state index contributed by atoms with van der Waals surface area (Å²) >= 11 is 0. The Morgan fingerprint density at radius 1 is 1.19 bits per heavy atom. The van der Waals surface area contributed by atoms with Crippen LogP contribution in [0.25, 0.3) is 0 Å².